The van der Waals surface area contributed by atoms with Crippen LogP contribution in [0.15, 0.2) is 41.2 Å². The summed E-state index contributed by atoms with van der Waals surface area (Å²) in [6.07, 6.45) is 0. The van der Waals surface area contributed by atoms with Gasteiger partial charge in [-0.2, -0.15) is 0 Å². The van der Waals surface area contributed by atoms with Crippen LogP contribution in [0.4, 0.5) is 5.82 Å². The molecule has 1 aromatic heterocycles. The van der Waals surface area contributed by atoms with Crippen LogP contribution in [-0.4, -0.2) is 9.89 Å². The summed E-state index contributed by atoms with van der Waals surface area (Å²) >= 11 is 5.78. The van der Waals surface area contributed by atoms with Crippen LogP contribution in [0.2, 0.25) is 5.02 Å². The molecule has 0 bridgehead atoms. The minimum atomic E-state index is -0.345. The Morgan fingerprint density at radius 2 is 1.94 bits per heavy atom. The Morgan fingerprint density at radius 1 is 1.24 bits per heavy atom. The summed E-state index contributed by atoms with van der Waals surface area (Å²) in [4.78, 5) is 11.8. The van der Waals surface area contributed by atoms with Crippen molar-refractivity contribution in [2.24, 2.45) is 0 Å². The van der Waals surface area contributed by atoms with Gasteiger partial charge >= 0.3 is 0 Å². The first kappa shape index (κ1) is 11.5. The average Bonchev–Trinajstić information content (AvgIpc) is 2.33. The fourth-order valence-electron chi connectivity index (χ4n) is 1.31. The van der Waals surface area contributed by atoms with Crippen LogP contribution in [0.3, 0.4) is 0 Å². The maximum atomic E-state index is 11.0. The molecule has 0 radical (unpaired) electrons. The van der Waals surface area contributed by atoms with Crippen molar-refractivity contribution in [2.45, 2.75) is 6.54 Å². The Hall–Kier alpha value is -2.01. The van der Waals surface area contributed by atoms with Crippen molar-refractivity contribution in [1.29, 1.82) is 0 Å². The quantitative estimate of drug-likeness (QED) is 0.804. The lowest BCUT2D eigenvalue weighted by molar-refractivity contribution is 0.764. The van der Waals surface area contributed by atoms with Crippen molar-refractivity contribution in [3.63, 3.8) is 0 Å². The smallest absolute Gasteiger partial charge is 0.285 e. The zero-order chi connectivity index (χ0) is 12.3. The van der Waals surface area contributed by atoms with Gasteiger partial charge < -0.3 is 11.2 Å². The Kier molecular flexibility index (Phi) is 3.30. The number of anilines is 1. The van der Waals surface area contributed by atoms with Gasteiger partial charge in [-0.05, 0) is 23.8 Å². The lowest BCUT2D eigenvalue weighted by Gasteiger charge is -2.06. The molecule has 2 rings (SSSR count). The molecule has 0 atom stereocenters. The predicted molar refractivity (Wildman–Crippen MR) is 67.4 cm³/mol. The molecule has 0 unspecified atom stereocenters. The highest BCUT2D eigenvalue weighted by atomic mass is 35.5. The van der Waals surface area contributed by atoms with Crippen LogP contribution in [-0.2, 0) is 6.54 Å². The number of hydrogen-bond acceptors (Lipinski definition) is 4. The topological polar surface area (TPSA) is 72.9 Å². The van der Waals surface area contributed by atoms with E-state index in [2.05, 4.69) is 10.4 Å². The fraction of sp³-hybridized carbons (Fsp3) is 0.0909. The van der Waals surface area contributed by atoms with Crippen molar-refractivity contribution in [1.82, 2.24) is 9.89 Å². The van der Waals surface area contributed by atoms with Crippen LogP contribution in [0, 0.1) is 0 Å². The molecule has 1 heterocycles. The molecule has 1 aromatic carbocycles. The van der Waals surface area contributed by atoms with E-state index in [1.807, 2.05) is 24.3 Å². The molecule has 0 aliphatic rings. The number of aromatic nitrogens is 2. The highest BCUT2D eigenvalue weighted by molar-refractivity contribution is 6.30. The lowest BCUT2D eigenvalue weighted by Crippen LogP contribution is -2.29. The lowest BCUT2D eigenvalue weighted by atomic mass is 10.2. The molecule has 0 aliphatic carbocycles. The third-order valence-corrected chi connectivity index (χ3v) is 2.46. The van der Waals surface area contributed by atoms with E-state index in [9.17, 15) is 4.79 Å². The number of halogens is 1. The summed E-state index contributed by atoms with van der Waals surface area (Å²) in [5.74, 6) is 5.89. The first-order chi connectivity index (χ1) is 8.15. The monoisotopic (exact) mass is 250 g/mol. The second-order valence-corrected chi connectivity index (χ2v) is 3.92. The van der Waals surface area contributed by atoms with Crippen molar-refractivity contribution in [3.05, 3.63) is 57.3 Å². The van der Waals surface area contributed by atoms with Crippen molar-refractivity contribution < 1.29 is 0 Å². The Morgan fingerprint density at radius 3 is 2.59 bits per heavy atom. The molecule has 0 amide bonds. The van der Waals surface area contributed by atoms with Gasteiger partial charge in [-0.25, -0.2) is 0 Å². The maximum absolute atomic E-state index is 11.0. The maximum Gasteiger partial charge on any atom is 0.285 e. The fourth-order valence-corrected chi connectivity index (χ4v) is 1.44. The first-order valence-corrected chi connectivity index (χ1v) is 5.37. The molecule has 17 heavy (non-hydrogen) atoms. The number of benzene rings is 1. The molecular formula is C11H11ClN4O. The zero-order valence-electron chi connectivity index (χ0n) is 8.93. The number of nitrogens with zero attached hydrogens (tertiary/aromatic N) is 2. The van der Waals surface area contributed by atoms with Gasteiger partial charge in [-0.15, -0.1) is 9.89 Å². The largest absolute Gasteiger partial charge is 0.365 e. The van der Waals surface area contributed by atoms with E-state index < -0.39 is 0 Å². The number of hydrogen-bond donors (Lipinski definition) is 2. The molecule has 2 aromatic rings. The Balaban J connectivity index is 2.04. The average molecular weight is 251 g/mol. The van der Waals surface area contributed by atoms with Gasteiger partial charge in [0.15, 0.2) is 0 Å². The van der Waals surface area contributed by atoms with Crippen molar-refractivity contribution in [2.75, 3.05) is 11.2 Å². The Labute approximate surface area is 103 Å². The summed E-state index contributed by atoms with van der Waals surface area (Å²) in [5, 5.41) is 7.60. The van der Waals surface area contributed by atoms with Gasteiger partial charge in [0.05, 0.1) is 0 Å². The minimum absolute atomic E-state index is 0.345. The third-order valence-electron chi connectivity index (χ3n) is 2.21. The van der Waals surface area contributed by atoms with Crippen LogP contribution >= 0.6 is 11.6 Å². The number of rotatable bonds is 3. The van der Waals surface area contributed by atoms with E-state index in [-0.39, 0.29) is 5.56 Å². The molecule has 0 aliphatic heterocycles. The van der Waals surface area contributed by atoms with Gasteiger partial charge in [0.2, 0.25) is 0 Å². The van der Waals surface area contributed by atoms with Gasteiger partial charge in [0.1, 0.15) is 5.82 Å². The Bertz CT molecular complexity index is 564. The van der Waals surface area contributed by atoms with Crippen molar-refractivity contribution in [3.8, 4) is 0 Å². The molecule has 0 fully saturated rings. The summed E-state index contributed by atoms with van der Waals surface area (Å²) < 4.78 is 0. The number of nitrogens with two attached hydrogens (primary N) is 1. The molecular weight excluding hydrogens is 240 g/mol. The number of nitrogens with one attached hydrogen (secondary N) is 1. The second-order valence-electron chi connectivity index (χ2n) is 3.48. The van der Waals surface area contributed by atoms with E-state index in [0.29, 0.717) is 17.4 Å². The standard InChI is InChI=1S/C11H11ClN4O/c12-9-3-1-8(2-4-9)7-14-10-5-6-11(17)16(13)15-10/h1-6H,7,13H2,(H,14,15). The molecule has 3 N–H and O–H groups in total. The van der Waals surface area contributed by atoms with E-state index >= 15 is 0 Å². The first-order valence-electron chi connectivity index (χ1n) is 4.99. The summed E-state index contributed by atoms with van der Waals surface area (Å²) in [6.45, 7) is 0.586. The summed E-state index contributed by atoms with van der Waals surface area (Å²) in [6, 6.07) is 10.4. The molecule has 5 nitrogen and oxygen atoms in total. The van der Waals surface area contributed by atoms with Gasteiger partial charge in [0, 0.05) is 17.6 Å². The SMILES string of the molecule is Nn1nc(NCc2ccc(Cl)cc2)ccc1=O. The number of nitrogen functional groups attached to an aromatic ring is 1. The third kappa shape index (κ3) is 2.98. The van der Waals surface area contributed by atoms with Crippen LogP contribution in [0.1, 0.15) is 5.56 Å². The van der Waals surface area contributed by atoms with E-state index in [0.717, 1.165) is 10.4 Å². The molecule has 0 spiro atoms. The van der Waals surface area contributed by atoms with Gasteiger partial charge in [-0.1, -0.05) is 23.7 Å². The van der Waals surface area contributed by atoms with Gasteiger partial charge in [0.25, 0.3) is 5.56 Å². The molecule has 88 valence electrons. The zero-order valence-corrected chi connectivity index (χ0v) is 9.69. The highest BCUT2D eigenvalue weighted by Crippen LogP contribution is 2.10. The van der Waals surface area contributed by atoms with Gasteiger partial charge in [-0.3, -0.25) is 4.79 Å². The van der Waals surface area contributed by atoms with Crippen molar-refractivity contribution >= 4 is 17.4 Å². The molecule has 0 saturated heterocycles. The summed E-state index contributed by atoms with van der Waals surface area (Å²) in [5.41, 5.74) is 0.716. The van der Waals surface area contributed by atoms with Crippen LogP contribution in [0.25, 0.3) is 0 Å². The normalized spacial score (nSPS) is 10.2. The van der Waals surface area contributed by atoms with E-state index in [1.54, 1.807) is 6.07 Å². The molecule has 6 heteroatoms. The second kappa shape index (κ2) is 4.88. The van der Waals surface area contributed by atoms with E-state index in [1.165, 1.54) is 6.07 Å². The molecule has 0 saturated carbocycles. The minimum Gasteiger partial charge on any atom is -0.365 e. The van der Waals surface area contributed by atoms with Crippen LogP contribution < -0.4 is 16.7 Å². The van der Waals surface area contributed by atoms with Crippen LogP contribution in [0.5, 0.6) is 0 Å². The van der Waals surface area contributed by atoms with E-state index in [4.69, 9.17) is 17.4 Å². The summed E-state index contributed by atoms with van der Waals surface area (Å²) in [7, 11) is 0. The predicted octanol–water partition coefficient (Wildman–Crippen LogP) is 1.22. The highest BCUT2D eigenvalue weighted by Gasteiger charge is 1.98.